The number of hydrogen-bond donors (Lipinski definition) is 3. The van der Waals surface area contributed by atoms with E-state index in [9.17, 15) is 0 Å². The third-order valence-corrected chi connectivity index (χ3v) is 2.56. The number of rotatable bonds is 4. The predicted octanol–water partition coefficient (Wildman–Crippen LogP) is 0.199. The van der Waals surface area contributed by atoms with Gasteiger partial charge in [-0.25, -0.2) is 10.4 Å². The van der Waals surface area contributed by atoms with Gasteiger partial charge in [0.25, 0.3) is 0 Å². The minimum Gasteiger partial charge on any atom is -0.347 e. The molecule has 0 saturated carbocycles. The Morgan fingerprint density at radius 3 is 2.94 bits per heavy atom. The van der Waals surface area contributed by atoms with E-state index in [0.29, 0.717) is 0 Å². The van der Waals surface area contributed by atoms with Crippen LogP contribution in [0, 0.1) is 6.92 Å². The first-order valence-electron chi connectivity index (χ1n) is 5.15. The molecule has 2 aromatic heterocycles. The number of nitrogens with zero attached hydrogens (tertiary/aromatic N) is 3. The first kappa shape index (κ1) is 10.8. The van der Waals surface area contributed by atoms with Crippen molar-refractivity contribution < 1.29 is 0 Å². The molecule has 1 unspecified atom stereocenters. The van der Waals surface area contributed by atoms with Crippen LogP contribution >= 0.6 is 0 Å². The maximum Gasteiger partial charge on any atom is 0.124 e. The summed E-state index contributed by atoms with van der Waals surface area (Å²) in [6.45, 7) is 1.97. The first-order valence-corrected chi connectivity index (χ1v) is 5.15. The molecule has 0 amide bonds. The molecule has 6 heteroatoms. The Labute approximate surface area is 93.8 Å². The summed E-state index contributed by atoms with van der Waals surface area (Å²) in [6, 6.07) is 2.03. The zero-order valence-corrected chi connectivity index (χ0v) is 9.44. The normalized spacial score (nSPS) is 12.9. The Kier molecular flexibility index (Phi) is 3.02. The smallest absolute Gasteiger partial charge is 0.124 e. The molecule has 0 spiro atoms. The molecule has 0 aromatic carbocycles. The van der Waals surface area contributed by atoms with E-state index < -0.39 is 0 Å². The summed E-state index contributed by atoms with van der Waals surface area (Å²) in [5.41, 5.74) is 4.88. The van der Waals surface area contributed by atoms with Gasteiger partial charge >= 0.3 is 0 Å². The van der Waals surface area contributed by atoms with Crippen LogP contribution in [0.1, 0.15) is 23.3 Å². The van der Waals surface area contributed by atoms with Gasteiger partial charge in [-0.05, 0) is 13.0 Å². The molecule has 1 atom stereocenters. The van der Waals surface area contributed by atoms with Crippen molar-refractivity contribution in [3.8, 4) is 0 Å². The Hall–Kier alpha value is -1.66. The maximum absolute atomic E-state index is 5.53. The molecule has 0 radical (unpaired) electrons. The highest BCUT2D eigenvalue weighted by Gasteiger charge is 2.15. The molecule has 2 rings (SSSR count). The number of aryl methyl sites for hydroxylation is 2. The van der Waals surface area contributed by atoms with E-state index in [1.807, 2.05) is 24.7 Å². The van der Waals surface area contributed by atoms with Crippen molar-refractivity contribution in [1.82, 2.24) is 25.2 Å². The number of aromatic amines is 1. The SMILES string of the molecule is Cc1cc(CC(NN)c2ncc[nH]2)n(C)n1. The Bertz CT molecular complexity index is 444. The third kappa shape index (κ3) is 2.12. The monoisotopic (exact) mass is 220 g/mol. The Morgan fingerprint density at radius 1 is 1.62 bits per heavy atom. The number of imidazole rings is 1. The van der Waals surface area contributed by atoms with Gasteiger partial charge in [0.1, 0.15) is 5.82 Å². The molecule has 2 aromatic rings. The number of hydrogen-bond acceptors (Lipinski definition) is 4. The fourth-order valence-electron chi connectivity index (χ4n) is 1.77. The molecule has 2 heterocycles. The lowest BCUT2D eigenvalue weighted by atomic mass is 10.1. The summed E-state index contributed by atoms with van der Waals surface area (Å²) >= 11 is 0. The molecule has 0 bridgehead atoms. The van der Waals surface area contributed by atoms with Crippen molar-refractivity contribution in [3.05, 3.63) is 35.7 Å². The van der Waals surface area contributed by atoms with Crippen LogP contribution in [0.15, 0.2) is 18.5 Å². The standard InChI is InChI=1S/C10H16N6/c1-7-5-8(16(2)15-7)6-9(14-11)10-12-3-4-13-10/h3-5,9,14H,6,11H2,1-2H3,(H,12,13). The molecule has 86 valence electrons. The van der Waals surface area contributed by atoms with Crippen LogP contribution in [0.2, 0.25) is 0 Å². The van der Waals surface area contributed by atoms with Gasteiger partial charge in [-0.3, -0.25) is 10.5 Å². The molecule has 0 aliphatic carbocycles. The summed E-state index contributed by atoms with van der Waals surface area (Å²) in [4.78, 5) is 7.24. The summed E-state index contributed by atoms with van der Waals surface area (Å²) < 4.78 is 1.86. The second-order valence-corrected chi connectivity index (χ2v) is 3.80. The Morgan fingerprint density at radius 2 is 2.44 bits per heavy atom. The largest absolute Gasteiger partial charge is 0.347 e. The lowest BCUT2D eigenvalue weighted by molar-refractivity contribution is 0.509. The number of nitrogens with one attached hydrogen (secondary N) is 2. The van der Waals surface area contributed by atoms with Gasteiger partial charge in [0.2, 0.25) is 0 Å². The third-order valence-electron chi connectivity index (χ3n) is 2.56. The van der Waals surface area contributed by atoms with Crippen LogP contribution in [0.3, 0.4) is 0 Å². The van der Waals surface area contributed by atoms with E-state index in [1.54, 1.807) is 12.4 Å². The average molecular weight is 220 g/mol. The quantitative estimate of drug-likeness (QED) is 0.507. The van der Waals surface area contributed by atoms with Crippen LogP contribution in [0.25, 0.3) is 0 Å². The molecular formula is C10H16N6. The maximum atomic E-state index is 5.53. The van der Waals surface area contributed by atoms with Gasteiger partial charge in [-0.1, -0.05) is 0 Å². The zero-order chi connectivity index (χ0) is 11.5. The van der Waals surface area contributed by atoms with Crippen molar-refractivity contribution >= 4 is 0 Å². The highest BCUT2D eigenvalue weighted by Crippen LogP contribution is 2.14. The lowest BCUT2D eigenvalue weighted by Crippen LogP contribution is -2.30. The number of aromatic nitrogens is 4. The summed E-state index contributed by atoms with van der Waals surface area (Å²) in [5, 5.41) is 4.30. The average Bonchev–Trinajstić information content (AvgIpc) is 2.85. The molecule has 6 nitrogen and oxygen atoms in total. The van der Waals surface area contributed by atoms with Crippen LogP contribution in [-0.2, 0) is 13.5 Å². The number of H-pyrrole nitrogens is 1. The van der Waals surface area contributed by atoms with Gasteiger partial charge in [0, 0.05) is 31.6 Å². The zero-order valence-electron chi connectivity index (χ0n) is 9.44. The summed E-state index contributed by atoms with van der Waals surface area (Å²) in [5.74, 6) is 6.36. The summed E-state index contributed by atoms with van der Waals surface area (Å²) in [7, 11) is 1.93. The van der Waals surface area contributed by atoms with E-state index in [-0.39, 0.29) is 6.04 Å². The second kappa shape index (κ2) is 4.46. The van der Waals surface area contributed by atoms with Gasteiger partial charge in [-0.2, -0.15) is 5.10 Å². The van der Waals surface area contributed by atoms with Crippen molar-refractivity contribution in [2.24, 2.45) is 12.9 Å². The van der Waals surface area contributed by atoms with E-state index in [1.165, 1.54) is 0 Å². The van der Waals surface area contributed by atoms with Crippen LogP contribution in [-0.4, -0.2) is 19.7 Å². The Balaban J connectivity index is 2.16. The van der Waals surface area contributed by atoms with Crippen LogP contribution in [0.4, 0.5) is 0 Å². The minimum atomic E-state index is -0.0233. The van der Waals surface area contributed by atoms with E-state index in [2.05, 4.69) is 20.5 Å². The number of hydrazine groups is 1. The first-order chi connectivity index (χ1) is 7.70. The number of nitrogens with two attached hydrogens (primary N) is 1. The van der Waals surface area contributed by atoms with Crippen LogP contribution in [0.5, 0.6) is 0 Å². The topological polar surface area (TPSA) is 84.5 Å². The molecule has 0 fully saturated rings. The van der Waals surface area contributed by atoms with E-state index >= 15 is 0 Å². The molecule has 0 saturated heterocycles. The van der Waals surface area contributed by atoms with Crippen LogP contribution < -0.4 is 11.3 Å². The second-order valence-electron chi connectivity index (χ2n) is 3.80. The van der Waals surface area contributed by atoms with E-state index in [4.69, 9.17) is 5.84 Å². The van der Waals surface area contributed by atoms with Gasteiger partial charge in [0.15, 0.2) is 0 Å². The van der Waals surface area contributed by atoms with Crippen molar-refractivity contribution in [2.75, 3.05) is 0 Å². The predicted molar refractivity (Wildman–Crippen MR) is 60.3 cm³/mol. The highest BCUT2D eigenvalue weighted by atomic mass is 15.3. The molecular weight excluding hydrogens is 204 g/mol. The van der Waals surface area contributed by atoms with E-state index in [0.717, 1.165) is 23.6 Å². The highest BCUT2D eigenvalue weighted by molar-refractivity contribution is 5.12. The molecule has 4 N–H and O–H groups in total. The van der Waals surface area contributed by atoms with Crippen molar-refractivity contribution in [3.63, 3.8) is 0 Å². The fraction of sp³-hybridized carbons (Fsp3) is 0.400. The van der Waals surface area contributed by atoms with Gasteiger partial charge in [-0.15, -0.1) is 0 Å². The molecule has 0 aliphatic rings. The minimum absolute atomic E-state index is 0.0233. The molecule has 16 heavy (non-hydrogen) atoms. The molecule has 0 aliphatic heterocycles. The summed E-state index contributed by atoms with van der Waals surface area (Å²) in [6.07, 6.45) is 4.25. The van der Waals surface area contributed by atoms with Crippen molar-refractivity contribution in [2.45, 2.75) is 19.4 Å². The lowest BCUT2D eigenvalue weighted by Gasteiger charge is -2.13. The van der Waals surface area contributed by atoms with Gasteiger partial charge < -0.3 is 4.98 Å². The fourth-order valence-corrected chi connectivity index (χ4v) is 1.77. The van der Waals surface area contributed by atoms with Gasteiger partial charge in [0.05, 0.1) is 11.7 Å². The van der Waals surface area contributed by atoms with Crippen molar-refractivity contribution in [1.29, 1.82) is 0 Å².